The van der Waals surface area contributed by atoms with Crippen molar-refractivity contribution in [2.24, 2.45) is 11.3 Å². The van der Waals surface area contributed by atoms with Gasteiger partial charge in [-0.05, 0) is 40.9 Å². The molecule has 1 saturated heterocycles. The van der Waals surface area contributed by atoms with E-state index in [0.717, 1.165) is 25.1 Å². The summed E-state index contributed by atoms with van der Waals surface area (Å²) >= 11 is 3.22. The van der Waals surface area contributed by atoms with E-state index in [1.54, 1.807) is 12.1 Å². The number of hydrogen-bond donors (Lipinski definition) is 1. The van der Waals surface area contributed by atoms with Crippen molar-refractivity contribution in [3.8, 4) is 0 Å². The minimum Gasteiger partial charge on any atom is -0.381 e. The van der Waals surface area contributed by atoms with Crippen molar-refractivity contribution in [3.05, 3.63) is 32.8 Å². The van der Waals surface area contributed by atoms with Gasteiger partial charge in [0.1, 0.15) is 0 Å². The predicted octanol–water partition coefficient (Wildman–Crippen LogP) is 3.97. The van der Waals surface area contributed by atoms with Crippen molar-refractivity contribution >= 4 is 27.3 Å². The lowest BCUT2D eigenvalue weighted by molar-refractivity contribution is -0.385. The highest BCUT2D eigenvalue weighted by Crippen LogP contribution is 2.52. The number of anilines is 1. The Morgan fingerprint density at radius 3 is 2.95 bits per heavy atom. The first-order valence-corrected chi connectivity index (χ1v) is 8.02. The van der Waals surface area contributed by atoms with Crippen molar-refractivity contribution in [3.63, 3.8) is 0 Å². The summed E-state index contributed by atoms with van der Waals surface area (Å²) in [5.74, 6) is 0.497. The standard InChI is InChI=1S/C15H19BrN2O3/c1-15(2)13(10-4-3-7-21-14(10)15)17-9-5-6-11(16)12(8-9)18(19)20/h5-6,8,10,13-14,17H,3-4,7H2,1-2H3. The Morgan fingerprint density at radius 2 is 2.24 bits per heavy atom. The first kappa shape index (κ1) is 14.8. The van der Waals surface area contributed by atoms with Crippen LogP contribution >= 0.6 is 15.9 Å². The average Bonchev–Trinajstić information content (AvgIpc) is 2.46. The molecule has 0 bridgehead atoms. The number of rotatable bonds is 3. The summed E-state index contributed by atoms with van der Waals surface area (Å²) in [5.41, 5.74) is 0.938. The van der Waals surface area contributed by atoms with Gasteiger partial charge in [-0.2, -0.15) is 0 Å². The molecule has 6 heteroatoms. The van der Waals surface area contributed by atoms with Gasteiger partial charge >= 0.3 is 0 Å². The van der Waals surface area contributed by atoms with Gasteiger partial charge in [-0.15, -0.1) is 0 Å². The van der Waals surface area contributed by atoms with Gasteiger partial charge in [0, 0.05) is 35.7 Å². The monoisotopic (exact) mass is 354 g/mol. The summed E-state index contributed by atoms with van der Waals surface area (Å²) in [6, 6.07) is 5.49. The fourth-order valence-electron chi connectivity index (χ4n) is 3.74. The normalized spacial score (nSPS) is 30.1. The maximum Gasteiger partial charge on any atom is 0.285 e. The van der Waals surface area contributed by atoms with Crippen molar-refractivity contribution in [1.82, 2.24) is 0 Å². The summed E-state index contributed by atoms with van der Waals surface area (Å²) in [6.07, 6.45) is 2.55. The van der Waals surface area contributed by atoms with Crippen molar-refractivity contribution in [1.29, 1.82) is 0 Å². The molecule has 114 valence electrons. The first-order chi connectivity index (χ1) is 9.91. The molecule has 0 aromatic heterocycles. The summed E-state index contributed by atoms with van der Waals surface area (Å²) in [5, 5.41) is 14.5. The summed E-state index contributed by atoms with van der Waals surface area (Å²) < 4.78 is 6.39. The molecule has 21 heavy (non-hydrogen) atoms. The first-order valence-electron chi connectivity index (χ1n) is 7.23. The third kappa shape index (κ3) is 2.44. The Labute approximate surface area is 132 Å². The molecule has 2 aliphatic rings. The number of benzene rings is 1. The molecule has 2 fully saturated rings. The van der Waals surface area contributed by atoms with E-state index in [-0.39, 0.29) is 16.0 Å². The van der Waals surface area contributed by atoms with E-state index in [1.165, 1.54) is 0 Å². The fraction of sp³-hybridized carbons (Fsp3) is 0.600. The third-order valence-corrected chi connectivity index (χ3v) is 5.47. The van der Waals surface area contributed by atoms with Crippen LogP contribution in [0.25, 0.3) is 0 Å². The van der Waals surface area contributed by atoms with Gasteiger partial charge in [-0.3, -0.25) is 10.1 Å². The number of ether oxygens (including phenoxy) is 1. The molecule has 5 nitrogen and oxygen atoms in total. The highest BCUT2D eigenvalue weighted by molar-refractivity contribution is 9.10. The van der Waals surface area contributed by atoms with Crippen LogP contribution in [-0.4, -0.2) is 23.7 Å². The molecule has 1 aliphatic carbocycles. The number of hydrogen-bond acceptors (Lipinski definition) is 4. The van der Waals surface area contributed by atoms with E-state index in [0.29, 0.717) is 22.5 Å². The maximum atomic E-state index is 11.0. The number of halogens is 1. The summed E-state index contributed by atoms with van der Waals surface area (Å²) in [6.45, 7) is 5.25. The summed E-state index contributed by atoms with van der Waals surface area (Å²) in [7, 11) is 0. The van der Waals surface area contributed by atoms with Crippen molar-refractivity contribution < 1.29 is 9.66 Å². The molecule has 1 aromatic rings. The van der Waals surface area contributed by atoms with Gasteiger partial charge in [-0.25, -0.2) is 0 Å². The largest absolute Gasteiger partial charge is 0.381 e. The number of nitro groups is 1. The Hall–Kier alpha value is -1.14. The smallest absolute Gasteiger partial charge is 0.285 e. The second-order valence-corrected chi connectivity index (χ2v) is 7.32. The zero-order valence-electron chi connectivity index (χ0n) is 12.1. The molecule has 0 spiro atoms. The molecule has 1 aromatic carbocycles. The highest BCUT2D eigenvalue weighted by atomic mass is 79.9. The van der Waals surface area contributed by atoms with Gasteiger partial charge in [0.15, 0.2) is 0 Å². The van der Waals surface area contributed by atoms with Gasteiger partial charge in [0.2, 0.25) is 0 Å². The van der Waals surface area contributed by atoms with E-state index < -0.39 is 0 Å². The number of nitrogens with one attached hydrogen (secondary N) is 1. The lowest BCUT2D eigenvalue weighted by atomic mass is 9.55. The molecule has 1 N–H and O–H groups in total. The summed E-state index contributed by atoms with van der Waals surface area (Å²) in [4.78, 5) is 10.7. The SMILES string of the molecule is CC1(C)C(Nc2ccc(Br)c([N+](=O)[O-])c2)C2CCCOC21. The fourth-order valence-corrected chi connectivity index (χ4v) is 4.13. The predicted molar refractivity (Wildman–Crippen MR) is 84.5 cm³/mol. The van der Waals surface area contributed by atoms with Gasteiger partial charge in [-0.1, -0.05) is 13.8 Å². The lowest BCUT2D eigenvalue weighted by Crippen LogP contribution is -2.67. The van der Waals surface area contributed by atoms with Crippen LogP contribution in [0.2, 0.25) is 0 Å². The maximum absolute atomic E-state index is 11.0. The van der Waals surface area contributed by atoms with Crippen LogP contribution in [0.1, 0.15) is 26.7 Å². The minimum atomic E-state index is -0.367. The molecule has 3 atom stereocenters. The number of nitro benzene ring substituents is 1. The Balaban J connectivity index is 1.80. The second-order valence-electron chi connectivity index (χ2n) is 6.46. The van der Waals surface area contributed by atoms with E-state index >= 15 is 0 Å². The van der Waals surface area contributed by atoms with Crippen molar-refractivity contribution in [2.75, 3.05) is 11.9 Å². The highest BCUT2D eigenvalue weighted by Gasteiger charge is 2.57. The van der Waals surface area contributed by atoms with Crippen LogP contribution in [0.3, 0.4) is 0 Å². The van der Waals surface area contributed by atoms with Crippen LogP contribution in [-0.2, 0) is 4.74 Å². The molecule has 1 saturated carbocycles. The molecule has 3 rings (SSSR count). The Kier molecular flexibility index (Phi) is 3.69. The molecule has 3 unspecified atom stereocenters. The van der Waals surface area contributed by atoms with E-state index in [9.17, 15) is 10.1 Å². The van der Waals surface area contributed by atoms with Gasteiger partial charge in [0.05, 0.1) is 15.5 Å². The van der Waals surface area contributed by atoms with Crippen LogP contribution < -0.4 is 5.32 Å². The molecule has 0 radical (unpaired) electrons. The zero-order chi connectivity index (χ0) is 15.2. The molecular weight excluding hydrogens is 336 g/mol. The molecular formula is C15H19BrN2O3. The Morgan fingerprint density at radius 1 is 1.48 bits per heavy atom. The minimum absolute atomic E-state index is 0.0486. The zero-order valence-corrected chi connectivity index (χ0v) is 13.7. The average molecular weight is 355 g/mol. The lowest BCUT2D eigenvalue weighted by Gasteiger charge is -2.60. The van der Waals surface area contributed by atoms with E-state index in [2.05, 4.69) is 35.1 Å². The number of nitrogens with zero attached hydrogens (tertiary/aromatic N) is 1. The van der Waals surface area contributed by atoms with Gasteiger partial charge < -0.3 is 10.1 Å². The third-order valence-electron chi connectivity index (χ3n) is 4.80. The molecule has 1 aliphatic heterocycles. The van der Waals surface area contributed by atoms with E-state index in [4.69, 9.17) is 4.74 Å². The second kappa shape index (κ2) is 5.25. The van der Waals surface area contributed by atoms with E-state index in [1.807, 2.05) is 6.07 Å². The quantitative estimate of drug-likeness (QED) is 0.658. The number of fused-ring (bicyclic) bond motifs is 1. The van der Waals surface area contributed by atoms with Crippen LogP contribution in [0.15, 0.2) is 22.7 Å². The van der Waals surface area contributed by atoms with Crippen LogP contribution in [0, 0.1) is 21.4 Å². The molecule has 1 heterocycles. The Bertz CT molecular complexity index is 576. The van der Waals surface area contributed by atoms with Crippen LogP contribution in [0.4, 0.5) is 11.4 Å². The van der Waals surface area contributed by atoms with Crippen LogP contribution in [0.5, 0.6) is 0 Å². The van der Waals surface area contributed by atoms with Gasteiger partial charge in [0.25, 0.3) is 5.69 Å². The van der Waals surface area contributed by atoms with Crippen molar-refractivity contribution in [2.45, 2.75) is 38.8 Å². The topological polar surface area (TPSA) is 64.4 Å². The molecule has 0 amide bonds.